The second kappa shape index (κ2) is 6.89. The Bertz CT molecular complexity index is 1160. The van der Waals surface area contributed by atoms with E-state index in [-0.39, 0.29) is 18.1 Å². The van der Waals surface area contributed by atoms with Gasteiger partial charge in [-0.15, -0.1) is 0 Å². The number of benzene rings is 3. The molecule has 3 aromatic carbocycles. The number of aryl methyl sites for hydroxylation is 1. The van der Waals surface area contributed by atoms with Crippen LogP contribution in [0.15, 0.2) is 72.8 Å². The van der Waals surface area contributed by atoms with E-state index in [1.54, 1.807) is 48.5 Å². The Morgan fingerprint density at radius 1 is 0.967 bits per heavy atom. The molecule has 1 amide bonds. The van der Waals surface area contributed by atoms with Crippen molar-refractivity contribution in [1.29, 1.82) is 0 Å². The Morgan fingerprint density at radius 2 is 1.67 bits per heavy atom. The van der Waals surface area contributed by atoms with Crippen LogP contribution in [-0.2, 0) is 23.4 Å². The number of halogens is 1. The van der Waals surface area contributed by atoms with Gasteiger partial charge in [0.15, 0.2) is 11.4 Å². The minimum absolute atomic E-state index is 0.190. The molecule has 0 unspecified atom stereocenters. The number of hydrogen-bond donors (Lipinski definition) is 1. The monoisotopic (exact) mass is 401 g/mol. The molecule has 4 nitrogen and oxygen atoms in total. The molecule has 1 aliphatic heterocycles. The summed E-state index contributed by atoms with van der Waals surface area (Å²) in [5.74, 6) is -1.91. The Labute approximate surface area is 173 Å². The minimum atomic E-state index is -1.92. The molecule has 1 aliphatic carbocycles. The number of fused-ring (bicyclic) bond motifs is 2. The predicted octanol–water partition coefficient (Wildman–Crippen LogP) is 4.01. The van der Waals surface area contributed by atoms with Gasteiger partial charge >= 0.3 is 0 Å². The highest BCUT2D eigenvalue weighted by atomic mass is 19.1. The molecule has 5 heteroatoms. The molecule has 30 heavy (non-hydrogen) atoms. The highest BCUT2D eigenvalue weighted by Gasteiger charge is 2.57. The summed E-state index contributed by atoms with van der Waals surface area (Å²) in [5, 5.41) is 11.8. The standard InChI is InChI=1S/C25H20FNO3/c26-18-12-9-16(10-13-18)15-27-22-8-4-3-7-20(22)25(30,24(27)29)21-14-11-17-5-1-2-6-19(17)23(21)28/h1-10,12-13,21,30H,11,14-15H2/t21-,25+/m0/s1. The summed E-state index contributed by atoms with van der Waals surface area (Å²) in [7, 11) is 0. The van der Waals surface area contributed by atoms with Gasteiger partial charge < -0.3 is 10.0 Å². The van der Waals surface area contributed by atoms with E-state index in [1.807, 2.05) is 12.1 Å². The van der Waals surface area contributed by atoms with Gasteiger partial charge in [0.05, 0.1) is 18.2 Å². The van der Waals surface area contributed by atoms with Gasteiger partial charge in [-0.2, -0.15) is 0 Å². The van der Waals surface area contributed by atoms with Crippen molar-refractivity contribution in [3.63, 3.8) is 0 Å². The molecule has 0 radical (unpaired) electrons. The Balaban J connectivity index is 1.56. The molecule has 0 spiro atoms. The van der Waals surface area contributed by atoms with Gasteiger partial charge in [-0.3, -0.25) is 9.59 Å². The van der Waals surface area contributed by atoms with Crippen LogP contribution in [-0.4, -0.2) is 16.8 Å². The molecule has 0 saturated carbocycles. The number of hydrogen-bond acceptors (Lipinski definition) is 3. The predicted molar refractivity (Wildman–Crippen MR) is 111 cm³/mol. The molecule has 5 rings (SSSR count). The van der Waals surface area contributed by atoms with Crippen LogP contribution >= 0.6 is 0 Å². The third kappa shape index (κ3) is 2.70. The van der Waals surface area contributed by atoms with Crippen molar-refractivity contribution in [2.75, 3.05) is 4.90 Å². The van der Waals surface area contributed by atoms with Crippen molar-refractivity contribution in [3.8, 4) is 0 Å². The van der Waals surface area contributed by atoms with Crippen LogP contribution in [0.3, 0.4) is 0 Å². The molecule has 3 aromatic rings. The maximum atomic E-state index is 13.6. The van der Waals surface area contributed by atoms with Gasteiger partial charge in [-0.1, -0.05) is 54.6 Å². The fourth-order valence-corrected chi connectivity index (χ4v) is 4.72. The smallest absolute Gasteiger partial charge is 0.264 e. The van der Waals surface area contributed by atoms with E-state index in [0.717, 1.165) is 11.1 Å². The van der Waals surface area contributed by atoms with Gasteiger partial charge in [0.25, 0.3) is 5.91 Å². The summed E-state index contributed by atoms with van der Waals surface area (Å²) in [5.41, 5.74) is 1.38. The summed E-state index contributed by atoms with van der Waals surface area (Å²) < 4.78 is 13.3. The lowest BCUT2D eigenvalue weighted by Crippen LogP contribution is -2.49. The number of anilines is 1. The maximum Gasteiger partial charge on any atom is 0.264 e. The number of nitrogens with zero attached hydrogens (tertiary/aromatic N) is 1. The van der Waals surface area contributed by atoms with Gasteiger partial charge in [0, 0.05) is 11.1 Å². The third-order valence-corrected chi connectivity index (χ3v) is 6.24. The quantitative estimate of drug-likeness (QED) is 0.722. The SMILES string of the molecule is O=C1c2ccccc2CC[C@@H]1[C@@]1(O)C(=O)N(Cc2ccc(F)cc2)c2ccccc21. The Hall–Kier alpha value is -3.31. The first kappa shape index (κ1) is 18.7. The molecule has 1 heterocycles. The average Bonchev–Trinajstić information content (AvgIpc) is 2.98. The van der Waals surface area contributed by atoms with Crippen LogP contribution in [0.1, 0.15) is 33.5 Å². The van der Waals surface area contributed by atoms with Crippen molar-refractivity contribution >= 4 is 17.4 Å². The summed E-state index contributed by atoms with van der Waals surface area (Å²) in [4.78, 5) is 28.4. The van der Waals surface area contributed by atoms with Crippen molar-refractivity contribution in [3.05, 3.63) is 101 Å². The van der Waals surface area contributed by atoms with Crippen molar-refractivity contribution in [2.24, 2.45) is 5.92 Å². The zero-order valence-corrected chi connectivity index (χ0v) is 16.2. The number of aliphatic hydroxyl groups is 1. The molecule has 150 valence electrons. The van der Waals surface area contributed by atoms with E-state index in [1.165, 1.54) is 17.0 Å². The maximum absolute atomic E-state index is 13.6. The molecule has 0 aromatic heterocycles. The lowest BCUT2D eigenvalue weighted by atomic mass is 9.71. The van der Waals surface area contributed by atoms with E-state index < -0.39 is 17.4 Å². The number of para-hydroxylation sites is 1. The number of Topliss-reactive ketones (excluding diaryl/α,β-unsaturated/α-hetero) is 1. The van der Waals surface area contributed by atoms with Crippen LogP contribution in [0.4, 0.5) is 10.1 Å². The first-order valence-electron chi connectivity index (χ1n) is 10.0. The van der Waals surface area contributed by atoms with Crippen LogP contribution in [0, 0.1) is 11.7 Å². The molecule has 2 aliphatic rings. The van der Waals surface area contributed by atoms with E-state index >= 15 is 0 Å². The summed E-state index contributed by atoms with van der Waals surface area (Å²) in [6, 6.07) is 20.3. The van der Waals surface area contributed by atoms with Gasteiger partial charge in [0.2, 0.25) is 0 Å². The topological polar surface area (TPSA) is 57.6 Å². The summed E-state index contributed by atoms with van der Waals surface area (Å²) in [6.07, 6.45) is 1.03. The molecule has 2 atom stereocenters. The van der Waals surface area contributed by atoms with Crippen LogP contribution in [0.2, 0.25) is 0 Å². The molecular weight excluding hydrogens is 381 g/mol. The van der Waals surface area contributed by atoms with Crippen molar-refractivity contribution < 1.29 is 19.1 Å². The summed E-state index contributed by atoms with van der Waals surface area (Å²) in [6.45, 7) is 0.190. The number of ketones is 1. The molecule has 0 fully saturated rings. The fourth-order valence-electron chi connectivity index (χ4n) is 4.72. The Kier molecular flexibility index (Phi) is 4.29. The number of rotatable bonds is 3. The lowest BCUT2D eigenvalue weighted by Gasteiger charge is -2.34. The molecular formula is C25H20FNO3. The van der Waals surface area contributed by atoms with E-state index in [9.17, 15) is 19.1 Å². The first-order valence-corrected chi connectivity index (χ1v) is 10.0. The first-order chi connectivity index (χ1) is 14.5. The van der Waals surface area contributed by atoms with Gasteiger partial charge in [-0.05, 0) is 42.2 Å². The number of amides is 1. The van der Waals surface area contributed by atoms with Crippen LogP contribution in [0.25, 0.3) is 0 Å². The number of carbonyl (C=O) groups excluding carboxylic acids is 2. The second-order valence-corrected chi connectivity index (χ2v) is 7.91. The Morgan fingerprint density at radius 3 is 2.47 bits per heavy atom. The largest absolute Gasteiger partial charge is 0.375 e. The lowest BCUT2D eigenvalue weighted by molar-refractivity contribution is -0.140. The van der Waals surface area contributed by atoms with E-state index in [4.69, 9.17) is 0 Å². The fraction of sp³-hybridized carbons (Fsp3) is 0.200. The van der Waals surface area contributed by atoms with Crippen molar-refractivity contribution in [2.45, 2.75) is 25.0 Å². The molecule has 1 N–H and O–H groups in total. The van der Waals surface area contributed by atoms with Crippen molar-refractivity contribution in [1.82, 2.24) is 0 Å². The average molecular weight is 401 g/mol. The molecule has 0 bridgehead atoms. The van der Waals surface area contributed by atoms with Crippen LogP contribution < -0.4 is 4.90 Å². The van der Waals surface area contributed by atoms with Crippen LogP contribution in [0.5, 0.6) is 0 Å². The summed E-state index contributed by atoms with van der Waals surface area (Å²) >= 11 is 0. The highest BCUT2D eigenvalue weighted by Crippen LogP contribution is 2.48. The zero-order chi connectivity index (χ0) is 20.9. The zero-order valence-electron chi connectivity index (χ0n) is 16.2. The van der Waals surface area contributed by atoms with E-state index in [2.05, 4.69) is 0 Å². The normalized spacial score (nSPS) is 22.7. The number of carbonyl (C=O) groups is 2. The van der Waals surface area contributed by atoms with Gasteiger partial charge in [0.1, 0.15) is 5.82 Å². The highest BCUT2D eigenvalue weighted by molar-refractivity contribution is 6.12. The molecule has 0 saturated heterocycles. The van der Waals surface area contributed by atoms with Gasteiger partial charge in [-0.25, -0.2) is 4.39 Å². The minimum Gasteiger partial charge on any atom is -0.375 e. The second-order valence-electron chi connectivity index (χ2n) is 7.91. The van der Waals surface area contributed by atoms with E-state index in [0.29, 0.717) is 29.7 Å². The third-order valence-electron chi connectivity index (χ3n) is 6.24.